The van der Waals surface area contributed by atoms with Gasteiger partial charge in [0.25, 0.3) is 0 Å². The van der Waals surface area contributed by atoms with Crippen LogP contribution in [0.25, 0.3) is 10.8 Å². The molecule has 0 saturated heterocycles. The van der Waals surface area contributed by atoms with Gasteiger partial charge in [0.15, 0.2) is 0 Å². The number of aliphatic hydroxyl groups is 1. The second kappa shape index (κ2) is 7.98. The van der Waals surface area contributed by atoms with Crippen molar-refractivity contribution in [2.24, 2.45) is 4.99 Å². The van der Waals surface area contributed by atoms with Crippen molar-refractivity contribution < 1.29 is 5.11 Å². The number of hydrogen-bond acceptors (Lipinski definition) is 2. The molecule has 2 heteroatoms. The molecule has 0 fully saturated rings. The third kappa shape index (κ3) is 3.97. The molecule has 0 amide bonds. The fraction of sp³-hybridized carbons (Fsp3) is 0.0800. The Bertz CT molecular complexity index is 1040. The molecular formula is C25H21NO. The summed E-state index contributed by atoms with van der Waals surface area (Å²) in [4.78, 5) is 4.77. The number of benzene rings is 4. The Balaban J connectivity index is 1.68. The highest BCUT2D eigenvalue weighted by Gasteiger charge is 2.21. The molecule has 2 atom stereocenters. The Morgan fingerprint density at radius 2 is 1.22 bits per heavy atom. The highest BCUT2D eigenvalue weighted by atomic mass is 16.3. The zero-order chi connectivity index (χ0) is 18.5. The maximum atomic E-state index is 11.0. The lowest BCUT2D eigenvalue weighted by molar-refractivity contribution is 0.148. The SMILES string of the molecule is O[C@H](c1ccccc1)[C@@H](N=Cc1ccc2ccccc2c1)c1ccccc1. The van der Waals surface area contributed by atoms with Crippen LogP contribution >= 0.6 is 0 Å². The predicted molar refractivity (Wildman–Crippen MR) is 112 cm³/mol. The van der Waals surface area contributed by atoms with E-state index in [0.29, 0.717) is 0 Å². The summed E-state index contributed by atoms with van der Waals surface area (Å²) in [5.41, 5.74) is 2.88. The second-order valence-electron chi connectivity index (χ2n) is 6.60. The summed E-state index contributed by atoms with van der Waals surface area (Å²) < 4.78 is 0. The lowest BCUT2D eigenvalue weighted by Crippen LogP contribution is -2.09. The van der Waals surface area contributed by atoms with Crippen molar-refractivity contribution in [3.8, 4) is 0 Å². The molecule has 132 valence electrons. The highest BCUT2D eigenvalue weighted by Crippen LogP contribution is 2.32. The summed E-state index contributed by atoms with van der Waals surface area (Å²) in [6.07, 6.45) is 1.15. The van der Waals surface area contributed by atoms with Crippen LogP contribution in [0.5, 0.6) is 0 Å². The summed E-state index contributed by atoms with van der Waals surface area (Å²) in [6, 6.07) is 33.8. The predicted octanol–water partition coefficient (Wildman–Crippen LogP) is 5.73. The molecule has 0 heterocycles. The molecule has 0 aliphatic carbocycles. The van der Waals surface area contributed by atoms with Gasteiger partial charge < -0.3 is 5.11 Å². The molecule has 4 rings (SSSR count). The Labute approximate surface area is 159 Å². The topological polar surface area (TPSA) is 32.6 Å². The Kier molecular flexibility index (Phi) is 5.08. The number of fused-ring (bicyclic) bond motifs is 1. The Morgan fingerprint density at radius 1 is 0.630 bits per heavy atom. The quantitative estimate of drug-likeness (QED) is 0.457. The number of rotatable bonds is 5. The van der Waals surface area contributed by atoms with Crippen molar-refractivity contribution in [2.75, 3.05) is 0 Å². The smallest absolute Gasteiger partial charge is 0.105 e. The first-order valence-electron chi connectivity index (χ1n) is 9.11. The molecule has 0 bridgehead atoms. The standard InChI is InChI=1S/C25H21NO/c27-25(22-12-5-2-6-13-22)24(21-10-3-1-4-11-21)26-18-19-15-16-20-9-7-8-14-23(20)17-19/h1-18,24-25,27H/t24-,25+/m0/s1. The van der Waals surface area contributed by atoms with E-state index in [9.17, 15) is 5.11 Å². The normalized spacial score (nSPS) is 13.7. The fourth-order valence-electron chi connectivity index (χ4n) is 3.29. The molecule has 27 heavy (non-hydrogen) atoms. The number of aliphatic hydroxyl groups excluding tert-OH is 1. The minimum absolute atomic E-state index is 0.361. The maximum absolute atomic E-state index is 11.0. The van der Waals surface area contributed by atoms with Gasteiger partial charge in [0.05, 0.1) is 0 Å². The van der Waals surface area contributed by atoms with E-state index in [1.807, 2.05) is 79.0 Å². The Morgan fingerprint density at radius 3 is 1.93 bits per heavy atom. The van der Waals surface area contributed by atoms with E-state index in [1.165, 1.54) is 10.8 Å². The van der Waals surface area contributed by atoms with E-state index in [2.05, 4.69) is 30.3 Å². The molecule has 4 aromatic carbocycles. The summed E-state index contributed by atoms with van der Waals surface area (Å²) in [5, 5.41) is 13.4. The zero-order valence-corrected chi connectivity index (χ0v) is 14.9. The first-order chi connectivity index (χ1) is 13.3. The molecule has 0 spiro atoms. The van der Waals surface area contributed by atoms with Crippen LogP contribution in [-0.2, 0) is 0 Å². The minimum atomic E-state index is -0.703. The molecule has 0 aliphatic heterocycles. The van der Waals surface area contributed by atoms with Gasteiger partial charge in [0.1, 0.15) is 12.1 Å². The highest BCUT2D eigenvalue weighted by molar-refractivity contribution is 5.90. The summed E-state index contributed by atoms with van der Waals surface area (Å²) in [6.45, 7) is 0. The van der Waals surface area contributed by atoms with Crippen LogP contribution in [0, 0.1) is 0 Å². The third-order valence-electron chi connectivity index (χ3n) is 4.74. The molecule has 4 aromatic rings. The molecule has 1 N–H and O–H groups in total. The number of aliphatic imine (C=N–C) groups is 1. The molecule has 0 saturated carbocycles. The monoisotopic (exact) mass is 351 g/mol. The van der Waals surface area contributed by atoms with Crippen molar-refractivity contribution in [2.45, 2.75) is 12.1 Å². The van der Waals surface area contributed by atoms with E-state index in [4.69, 9.17) is 4.99 Å². The number of hydrogen-bond donors (Lipinski definition) is 1. The molecular weight excluding hydrogens is 330 g/mol. The third-order valence-corrected chi connectivity index (χ3v) is 4.74. The van der Waals surface area contributed by atoms with Gasteiger partial charge in [0.2, 0.25) is 0 Å². The van der Waals surface area contributed by atoms with Gasteiger partial charge in [0, 0.05) is 6.21 Å². The van der Waals surface area contributed by atoms with Crippen LogP contribution < -0.4 is 0 Å². The molecule has 0 aromatic heterocycles. The van der Waals surface area contributed by atoms with Gasteiger partial charge in [-0.05, 0) is 33.5 Å². The summed E-state index contributed by atoms with van der Waals surface area (Å²) in [5.74, 6) is 0. The maximum Gasteiger partial charge on any atom is 0.105 e. The fourth-order valence-corrected chi connectivity index (χ4v) is 3.29. The van der Waals surface area contributed by atoms with Crippen LogP contribution in [0.15, 0.2) is 108 Å². The van der Waals surface area contributed by atoms with E-state index in [1.54, 1.807) is 0 Å². The second-order valence-corrected chi connectivity index (χ2v) is 6.60. The van der Waals surface area contributed by atoms with Crippen LogP contribution in [0.1, 0.15) is 28.8 Å². The van der Waals surface area contributed by atoms with E-state index >= 15 is 0 Å². The van der Waals surface area contributed by atoms with Gasteiger partial charge in [-0.1, -0.05) is 97.1 Å². The van der Waals surface area contributed by atoms with Gasteiger partial charge in [-0.25, -0.2) is 0 Å². The lowest BCUT2D eigenvalue weighted by atomic mass is 9.96. The van der Waals surface area contributed by atoms with Gasteiger partial charge in [-0.3, -0.25) is 4.99 Å². The van der Waals surface area contributed by atoms with Crippen LogP contribution in [-0.4, -0.2) is 11.3 Å². The molecule has 0 unspecified atom stereocenters. The van der Waals surface area contributed by atoms with Crippen LogP contribution in [0.2, 0.25) is 0 Å². The van der Waals surface area contributed by atoms with Crippen LogP contribution in [0.4, 0.5) is 0 Å². The largest absolute Gasteiger partial charge is 0.386 e. The average Bonchev–Trinajstić information content (AvgIpc) is 2.75. The number of nitrogens with zero attached hydrogens (tertiary/aromatic N) is 1. The summed E-state index contributed by atoms with van der Waals surface area (Å²) in [7, 11) is 0. The van der Waals surface area contributed by atoms with Crippen molar-refractivity contribution in [1.29, 1.82) is 0 Å². The van der Waals surface area contributed by atoms with Gasteiger partial charge in [-0.2, -0.15) is 0 Å². The van der Waals surface area contributed by atoms with Crippen LogP contribution in [0.3, 0.4) is 0 Å². The van der Waals surface area contributed by atoms with E-state index in [-0.39, 0.29) is 6.04 Å². The first-order valence-corrected chi connectivity index (χ1v) is 9.11. The van der Waals surface area contributed by atoms with Crippen molar-refractivity contribution >= 4 is 17.0 Å². The Hall–Kier alpha value is -3.23. The summed E-state index contributed by atoms with van der Waals surface area (Å²) >= 11 is 0. The molecule has 0 aliphatic rings. The molecule has 2 nitrogen and oxygen atoms in total. The van der Waals surface area contributed by atoms with Crippen molar-refractivity contribution in [1.82, 2.24) is 0 Å². The van der Waals surface area contributed by atoms with Crippen molar-refractivity contribution in [3.63, 3.8) is 0 Å². The average molecular weight is 351 g/mol. The van der Waals surface area contributed by atoms with Gasteiger partial charge >= 0.3 is 0 Å². The van der Waals surface area contributed by atoms with E-state index < -0.39 is 6.10 Å². The van der Waals surface area contributed by atoms with Crippen molar-refractivity contribution in [3.05, 3.63) is 120 Å². The van der Waals surface area contributed by atoms with Gasteiger partial charge in [-0.15, -0.1) is 0 Å². The molecule has 0 radical (unpaired) electrons. The zero-order valence-electron chi connectivity index (χ0n) is 14.9. The van der Waals surface area contributed by atoms with E-state index in [0.717, 1.165) is 16.7 Å². The lowest BCUT2D eigenvalue weighted by Gasteiger charge is -2.20. The minimum Gasteiger partial charge on any atom is -0.386 e. The first kappa shape index (κ1) is 17.2.